The zero-order valence-electron chi connectivity index (χ0n) is 54.4. The maximum atomic E-state index is 13.6. The Labute approximate surface area is 528 Å². The van der Waals surface area contributed by atoms with E-state index < -0.39 is 59.9 Å². The van der Waals surface area contributed by atoms with Crippen LogP contribution >= 0.6 is 0 Å². The van der Waals surface area contributed by atoms with Crippen molar-refractivity contribution in [1.29, 1.82) is 0 Å². The molecule has 0 radical (unpaired) electrons. The average molecular weight is 1220 g/mol. The quantitative estimate of drug-likeness (QED) is 0.0163. The summed E-state index contributed by atoms with van der Waals surface area (Å²) in [6.45, 7) is 7.46. The molecule has 0 heterocycles. The lowest BCUT2D eigenvalue weighted by molar-refractivity contribution is -0.161. The molecule has 4 aromatic rings. The normalized spacial score (nSPS) is 11.7. The van der Waals surface area contributed by atoms with E-state index in [1.54, 1.807) is 128 Å². The third-order valence-electron chi connectivity index (χ3n) is 17.0. The molecule has 0 atom stereocenters. The smallest absolute Gasteiger partial charge is 0.338 e. The SMILES string of the molecule is CC(C)CCCCCCCCCCCCCCC(=O)C(C)(C(=O)CCCCCCCCCCCCCCC(C)C)C(CO)(CO)CO.O=C(OCC(COC(=O)c1ccccc1)(COC(=O)c1ccccc1)COC(=O)c1ccccc1)c1ccccc1. The summed E-state index contributed by atoms with van der Waals surface area (Å²) in [6, 6.07) is 33.3. The highest BCUT2D eigenvalue weighted by atomic mass is 16.6. The summed E-state index contributed by atoms with van der Waals surface area (Å²) in [4.78, 5) is 78.4. The largest absolute Gasteiger partial charge is 0.461 e. The van der Waals surface area contributed by atoms with Gasteiger partial charge >= 0.3 is 23.9 Å². The van der Waals surface area contributed by atoms with Crippen molar-refractivity contribution in [2.24, 2.45) is 28.1 Å². The molecule has 4 aromatic carbocycles. The molecule has 13 nitrogen and oxygen atoms in total. The lowest BCUT2D eigenvalue weighted by atomic mass is 9.59. The van der Waals surface area contributed by atoms with Crippen LogP contribution in [-0.4, -0.2) is 97.0 Å². The minimum absolute atomic E-state index is 0.243. The van der Waals surface area contributed by atoms with Gasteiger partial charge in [-0.2, -0.15) is 0 Å². The maximum Gasteiger partial charge on any atom is 0.338 e. The predicted molar refractivity (Wildman–Crippen MR) is 350 cm³/mol. The van der Waals surface area contributed by atoms with Crippen molar-refractivity contribution in [2.75, 3.05) is 46.2 Å². The number of hydrogen-bond acceptors (Lipinski definition) is 13. The monoisotopic (exact) mass is 1220 g/mol. The van der Waals surface area contributed by atoms with Gasteiger partial charge < -0.3 is 34.3 Å². The van der Waals surface area contributed by atoms with E-state index in [0.29, 0.717) is 35.1 Å². The van der Waals surface area contributed by atoms with E-state index in [-0.39, 0.29) is 50.8 Å². The third kappa shape index (κ3) is 29.5. The van der Waals surface area contributed by atoms with Crippen molar-refractivity contribution >= 4 is 35.4 Å². The van der Waals surface area contributed by atoms with Crippen molar-refractivity contribution in [3.05, 3.63) is 144 Å². The van der Waals surface area contributed by atoms with Crippen molar-refractivity contribution in [3.63, 3.8) is 0 Å². The molecular formula is C75H110O13. The minimum atomic E-state index is -1.57. The molecule has 88 heavy (non-hydrogen) atoms. The Kier molecular flexibility index (Phi) is 39.2. The summed E-state index contributed by atoms with van der Waals surface area (Å²) in [6.07, 6.45) is 32.2. The van der Waals surface area contributed by atoms with Gasteiger partial charge in [-0.1, -0.05) is 255 Å². The first-order valence-corrected chi connectivity index (χ1v) is 33.3. The maximum absolute atomic E-state index is 13.6. The van der Waals surface area contributed by atoms with Crippen LogP contribution in [0.1, 0.15) is 256 Å². The Hall–Kier alpha value is -6.02. The first-order chi connectivity index (χ1) is 42.6. The second-order valence-electron chi connectivity index (χ2n) is 25.3. The standard InChI is InChI=1S/C42H82O5.C33H28O8/c1-37(2)30-26-22-18-14-10-6-8-12-16-20-24-28-32-39(46)41(5,42(34-43,35-44)36-45)40(47)33-29-25-21-17-13-9-7-11-15-19-23-27-31-38(3)4;34-29(25-13-5-1-6-14-25)38-21-33(22-39-30(35)26-15-7-2-8-16-26,23-40-31(36)27-17-9-3-10-18-27)24-41-32(37)28-19-11-4-12-20-28/h37-38,43-45H,6-36H2,1-5H3;1-20H,21-24H2. The van der Waals surface area contributed by atoms with Crippen LogP contribution in [0.25, 0.3) is 0 Å². The van der Waals surface area contributed by atoms with E-state index in [9.17, 15) is 44.1 Å². The molecule has 0 amide bonds. The van der Waals surface area contributed by atoms with Gasteiger partial charge in [0.1, 0.15) is 43.4 Å². The predicted octanol–water partition coefficient (Wildman–Crippen LogP) is 16.7. The summed E-state index contributed by atoms with van der Waals surface area (Å²) < 4.78 is 22.4. The van der Waals surface area contributed by atoms with Crippen LogP contribution in [0.3, 0.4) is 0 Å². The molecule has 0 saturated heterocycles. The van der Waals surface area contributed by atoms with Gasteiger partial charge in [0.25, 0.3) is 0 Å². The molecule has 0 saturated carbocycles. The number of carbonyl (C=O) groups is 6. The number of aliphatic hydroxyl groups excluding tert-OH is 3. The van der Waals surface area contributed by atoms with Gasteiger partial charge in [0.05, 0.1) is 52.9 Å². The highest BCUT2D eigenvalue weighted by Crippen LogP contribution is 2.43. The van der Waals surface area contributed by atoms with E-state index in [1.165, 1.54) is 128 Å². The van der Waals surface area contributed by atoms with Gasteiger partial charge in [0.2, 0.25) is 0 Å². The summed E-state index contributed by atoms with van der Waals surface area (Å²) in [5.74, 6) is -1.42. The van der Waals surface area contributed by atoms with E-state index in [2.05, 4.69) is 27.7 Å². The van der Waals surface area contributed by atoms with E-state index in [1.807, 2.05) is 0 Å². The summed E-state index contributed by atoms with van der Waals surface area (Å²) >= 11 is 0. The third-order valence-corrected chi connectivity index (χ3v) is 17.0. The summed E-state index contributed by atoms with van der Waals surface area (Å²) in [5, 5.41) is 30.6. The number of esters is 4. The second-order valence-corrected chi connectivity index (χ2v) is 25.3. The van der Waals surface area contributed by atoms with Crippen LogP contribution in [0.15, 0.2) is 121 Å². The van der Waals surface area contributed by atoms with Gasteiger partial charge in [0, 0.05) is 12.8 Å². The van der Waals surface area contributed by atoms with Gasteiger partial charge in [-0.05, 0) is 80.1 Å². The number of ketones is 2. The molecule has 4 rings (SSSR count). The average Bonchev–Trinajstić information content (AvgIpc) is 2.66. The number of benzene rings is 4. The highest BCUT2D eigenvalue weighted by molar-refractivity contribution is 6.07. The molecule has 0 aromatic heterocycles. The lowest BCUT2D eigenvalue weighted by Gasteiger charge is -2.43. The van der Waals surface area contributed by atoms with Crippen LogP contribution in [-0.2, 0) is 28.5 Å². The van der Waals surface area contributed by atoms with Crippen LogP contribution < -0.4 is 0 Å². The number of ether oxygens (including phenoxy) is 4. The Morgan fingerprint density at radius 1 is 0.330 bits per heavy atom. The highest BCUT2D eigenvalue weighted by Gasteiger charge is 2.56. The molecule has 0 aliphatic carbocycles. The van der Waals surface area contributed by atoms with Crippen molar-refractivity contribution in [3.8, 4) is 0 Å². The lowest BCUT2D eigenvalue weighted by Crippen LogP contribution is -2.57. The minimum Gasteiger partial charge on any atom is -0.461 e. The Balaban J connectivity index is 0.000000463. The Morgan fingerprint density at radius 3 is 0.739 bits per heavy atom. The van der Waals surface area contributed by atoms with Gasteiger partial charge in [-0.15, -0.1) is 0 Å². The van der Waals surface area contributed by atoms with Crippen LogP contribution in [0.5, 0.6) is 0 Å². The molecule has 0 aliphatic rings. The Bertz CT molecular complexity index is 2210. The fourth-order valence-electron chi connectivity index (χ4n) is 10.8. The molecule has 0 spiro atoms. The van der Waals surface area contributed by atoms with Crippen LogP contribution in [0.4, 0.5) is 0 Å². The zero-order chi connectivity index (χ0) is 64.1. The van der Waals surface area contributed by atoms with Crippen molar-refractivity contribution in [2.45, 2.75) is 214 Å². The fourth-order valence-corrected chi connectivity index (χ4v) is 10.8. The molecule has 0 aliphatic heterocycles. The van der Waals surface area contributed by atoms with Gasteiger partial charge in [0.15, 0.2) is 0 Å². The zero-order valence-corrected chi connectivity index (χ0v) is 54.4. The van der Waals surface area contributed by atoms with Crippen molar-refractivity contribution < 1.29 is 63.0 Å². The molecule has 13 heteroatoms. The molecule has 0 bridgehead atoms. The first-order valence-electron chi connectivity index (χ1n) is 33.3. The molecular weight excluding hydrogens is 1110 g/mol. The number of Topliss-reactive ketones (excluding diaryl/α,β-unsaturated/α-hetero) is 2. The molecule has 0 unspecified atom stereocenters. The summed E-state index contributed by atoms with van der Waals surface area (Å²) in [7, 11) is 0. The van der Waals surface area contributed by atoms with Gasteiger partial charge in [-0.3, -0.25) is 9.59 Å². The Morgan fingerprint density at radius 2 is 0.534 bits per heavy atom. The van der Waals surface area contributed by atoms with Crippen LogP contribution in [0.2, 0.25) is 0 Å². The number of hydrogen-bond donors (Lipinski definition) is 3. The number of unbranched alkanes of at least 4 members (excludes halogenated alkanes) is 22. The number of rotatable bonds is 48. The number of carbonyl (C=O) groups excluding carboxylic acids is 6. The van der Waals surface area contributed by atoms with Crippen LogP contribution in [0, 0.1) is 28.1 Å². The van der Waals surface area contributed by atoms with Crippen molar-refractivity contribution in [1.82, 2.24) is 0 Å². The molecule has 3 N–H and O–H groups in total. The van der Waals surface area contributed by atoms with Gasteiger partial charge in [-0.25, -0.2) is 19.2 Å². The molecule has 488 valence electrons. The second kappa shape index (κ2) is 45.3. The topological polar surface area (TPSA) is 200 Å². The first kappa shape index (κ1) is 76.2. The molecule has 0 fully saturated rings. The number of aliphatic hydroxyl groups is 3. The fraction of sp³-hybridized carbons (Fsp3) is 0.600. The summed E-state index contributed by atoms with van der Waals surface area (Å²) in [5.41, 5.74) is -3.35. The van der Waals surface area contributed by atoms with E-state index in [4.69, 9.17) is 18.9 Å². The van der Waals surface area contributed by atoms with E-state index >= 15 is 0 Å². The van der Waals surface area contributed by atoms with E-state index in [0.717, 1.165) is 37.5 Å².